The number of hydrogen-bond acceptors (Lipinski definition) is 3. The molecule has 0 aliphatic carbocycles. The molecule has 25 heavy (non-hydrogen) atoms. The zero-order valence-corrected chi connectivity index (χ0v) is 15.5. The van der Waals surface area contributed by atoms with Crippen LogP contribution in [0.3, 0.4) is 0 Å². The zero-order chi connectivity index (χ0) is 18.0. The summed E-state index contributed by atoms with van der Waals surface area (Å²) in [5.41, 5.74) is 3.33. The SMILES string of the molecule is CC(C)(C)C(=O)N1CCc2ccc(NC(=O)/C=C/c3ccsc3)cc21. The average Bonchev–Trinajstić information content (AvgIpc) is 3.20. The number of nitrogens with zero attached hydrogens (tertiary/aromatic N) is 1. The number of amides is 2. The van der Waals surface area contributed by atoms with Gasteiger partial charge >= 0.3 is 0 Å². The average molecular weight is 354 g/mol. The Morgan fingerprint density at radius 3 is 2.72 bits per heavy atom. The van der Waals surface area contributed by atoms with E-state index in [1.165, 1.54) is 6.08 Å². The minimum atomic E-state index is -0.426. The number of rotatable bonds is 3. The molecule has 1 aliphatic rings. The molecule has 2 amide bonds. The van der Waals surface area contributed by atoms with E-state index in [4.69, 9.17) is 0 Å². The first-order chi connectivity index (χ1) is 11.8. The van der Waals surface area contributed by atoms with Gasteiger partial charge in [0, 0.05) is 29.4 Å². The van der Waals surface area contributed by atoms with E-state index in [9.17, 15) is 9.59 Å². The summed E-state index contributed by atoms with van der Waals surface area (Å²) >= 11 is 1.59. The van der Waals surface area contributed by atoms with Crippen molar-refractivity contribution in [1.29, 1.82) is 0 Å². The molecule has 0 fully saturated rings. The van der Waals surface area contributed by atoms with Gasteiger partial charge < -0.3 is 10.2 Å². The Hall–Kier alpha value is -2.40. The van der Waals surface area contributed by atoms with Crippen LogP contribution >= 0.6 is 11.3 Å². The highest BCUT2D eigenvalue weighted by Crippen LogP contribution is 2.34. The van der Waals surface area contributed by atoms with Gasteiger partial charge in [-0.15, -0.1) is 0 Å². The molecule has 1 aromatic carbocycles. The molecular formula is C20H22N2O2S. The molecule has 1 aliphatic heterocycles. The lowest BCUT2D eigenvalue weighted by Gasteiger charge is -2.26. The molecule has 1 N–H and O–H groups in total. The molecule has 1 aromatic heterocycles. The quantitative estimate of drug-likeness (QED) is 0.834. The second kappa shape index (κ2) is 6.84. The molecule has 0 saturated carbocycles. The standard InChI is InChI=1S/C20H22N2O2S/c1-20(2,3)19(24)22-10-8-15-5-6-16(12-17(15)22)21-18(23)7-4-14-9-11-25-13-14/h4-7,9,11-13H,8,10H2,1-3H3,(H,21,23)/b7-4+. The van der Waals surface area contributed by atoms with Crippen molar-refractivity contribution in [3.63, 3.8) is 0 Å². The summed E-state index contributed by atoms with van der Waals surface area (Å²) in [6.45, 7) is 6.47. The van der Waals surface area contributed by atoms with Crippen LogP contribution in [0.15, 0.2) is 41.1 Å². The maximum Gasteiger partial charge on any atom is 0.248 e. The first-order valence-electron chi connectivity index (χ1n) is 8.31. The van der Waals surface area contributed by atoms with E-state index in [-0.39, 0.29) is 11.8 Å². The molecule has 5 heteroatoms. The Morgan fingerprint density at radius 2 is 2.04 bits per heavy atom. The third-order valence-corrected chi connectivity index (χ3v) is 4.81. The van der Waals surface area contributed by atoms with Gasteiger partial charge in [-0.25, -0.2) is 0 Å². The van der Waals surface area contributed by atoms with Crippen molar-refractivity contribution in [2.75, 3.05) is 16.8 Å². The van der Waals surface area contributed by atoms with Gasteiger partial charge in [-0.2, -0.15) is 11.3 Å². The summed E-state index contributed by atoms with van der Waals surface area (Å²) in [5, 5.41) is 6.82. The van der Waals surface area contributed by atoms with Gasteiger partial charge in [-0.05, 0) is 52.6 Å². The van der Waals surface area contributed by atoms with Gasteiger partial charge in [0.2, 0.25) is 11.8 Å². The van der Waals surface area contributed by atoms with Crippen molar-refractivity contribution in [1.82, 2.24) is 0 Å². The van der Waals surface area contributed by atoms with E-state index >= 15 is 0 Å². The van der Waals surface area contributed by atoms with Crippen LogP contribution in [0.1, 0.15) is 31.9 Å². The lowest BCUT2D eigenvalue weighted by atomic mass is 9.94. The van der Waals surface area contributed by atoms with Crippen LogP contribution in [0.5, 0.6) is 0 Å². The Kier molecular flexibility index (Phi) is 4.77. The third-order valence-electron chi connectivity index (χ3n) is 4.11. The fourth-order valence-electron chi connectivity index (χ4n) is 2.80. The van der Waals surface area contributed by atoms with Gasteiger partial charge in [-0.1, -0.05) is 26.8 Å². The minimum Gasteiger partial charge on any atom is -0.322 e. The summed E-state index contributed by atoms with van der Waals surface area (Å²) in [6.07, 6.45) is 4.16. The molecule has 0 radical (unpaired) electrons. The maximum absolute atomic E-state index is 12.6. The Labute approximate surface area is 152 Å². The molecule has 0 atom stereocenters. The largest absolute Gasteiger partial charge is 0.322 e. The molecule has 0 saturated heterocycles. The molecule has 0 spiro atoms. The number of carbonyl (C=O) groups excluding carboxylic acids is 2. The van der Waals surface area contributed by atoms with Crippen molar-refractivity contribution in [2.45, 2.75) is 27.2 Å². The van der Waals surface area contributed by atoms with Crippen molar-refractivity contribution >= 4 is 40.6 Å². The van der Waals surface area contributed by atoms with Crippen LogP contribution in [0.2, 0.25) is 0 Å². The number of carbonyl (C=O) groups is 2. The number of hydrogen-bond donors (Lipinski definition) is 1. The number of benzene rings is 1. The summed E-state index contributed by atoms with van der Waals surface area (Å²) in [4.78, 5) is 26.6. The van der Waals surface area contributed by atoms with Crippen LogP contribution in [-0.2, 0) is 16.0 Å². The van der Waals surface area contributed by atoms with Crippen molar-refractivity contribution in [3.8, 4) is 0 Å². The predicted molar refractivity (Wildman–Crippen MR) is 104 cm³/mol. The van der Waals surface area contributed by atoms with E-state index in [0.29, 0.717) is 12.2 Å². The Bertz CT molecular complexity index is 817. The topological polar surface area (TPSA) is 49.4 Å². The number of nitrogens with one attached hydrogen (secondary N) is 1. The smallest absolute Gasteiger partial charge is 0.248 e. The van der Waals surface area contributed by atoms with E-state index in [0.717, 1.165) is 23.2 Å². The first-order valence-corrected chi connectivity index (χ1v) is 9.25. The normalized spacial score (nSPS) is 14.0. The molecule has 0 bridgehead atoms. The van der Waals surface area contributed by atoms with E-state index in [1.807, 2.05) is 60.7 Å². The highest BCUT2D eigenvalue weighted by Gasteiger charge is 2.32. The fraction of sp³-hybridized carbons (Fsp3) is 0.300. The molecule has 3 rings (SSSR count). The minimum absolute atomic E-state index is 0.104. The Balaban J connectivity index is 1.75. The second-order valence-electron chi connectivity index (χ2n) is 7.18. The van der Waals surface area contributed by atoms with Gasteiger partial charge in [0.25, 0.3) is 0 Å². The van der Waals surface area contributed by atoms with Crippen LogP contribution < -0.4 is 10.2 Å². The third kappa shape index (κ3) is 3.99. The van der Waals surface area contributed by atoms with Crippen LogP contribution in [0.4, 0.5) is 11.4 Å². The predicted octanol–water partition coefficient (Wildman–Crippen LogP) is 4.34. The summed E-state index contributed by atoms with van der Waals surface area (Å²) < 4.78 is 0. The van der Waals surface area contributed by atoms with E-state index in [2.05, 4.69) is 5.32 Å². The molecule has 0 unspecified atom stereocenters. The van der Waals surface area contributed by atoms with E-state index in [1.54, 1.807) is 17.4 Å². The Morgan fingerprint density at radius 1 is 1.24 bits per heavy atom. The number of anilines is 2. The monoisotopic (exact) mass is 354 g/mol. The van der Waals surface area contributed by atoms with Gasteiger partial charge in [0.05, 0.1) is 0 Å². The summed E-state index contributed by atoms with van der Waals surface area (Å²) in [5.74, 6) is -0.0788. The molecule has 2 aromatic rings. The second-order valence-corrected chi connectivity index (χ2v) is 7.96. The maximum atomic E-state index is 12.6. The number of fused-ring (bicyclic) bond motifs is 1. The number of thiophene rings is 1. The highest BCUT2D eigenvalue weighted by atomic mass is 32.1. The highest BCUT2D eigenvalue weighted by molar-refractivity contribution is 7.08. The van der Waals surface area contributed by atoms with Crippen LogP contribution in [-0.4, -0.2) is 18.4 Å². The van der Waals surface area contributed by atoms with Crippen LogP contribution in [0, 0.1) is 5.41 Å². The zero-order valence-electron chi connectivity index (χ0n) is 14.7. The van der Waals surface area contributed by atoms with Crippen molar-refractivity contribution in [3.05, 3.63) is 52.2 Å². The molecule has 130 valence electrons. The van der Waals surface area contributed by atoms with Crippen molar-refractivity contribution < 1.29 is 9.59 Å². The molecule has 2 heterocycles. The van der Waals surface area contributed by atoms with Gasteiger partial charge in [0.15, 0.2) is 0 Å². The summed E-state index contributed by atoms with van der Waals surface area (Å²) in [6, 6.07) is 7.73. The lowest BCUT2D eigenvalue weighted by Crippen LogP contribution is -2.38. The fourth-order valence-corrected chi connectivity index (χ4v) is 3.43. The molecular weight excluding hydrogens is 332 g/mol. The van der Waals surface area contributed by atoms with Gasteiger partial charge in [-0.3, -0.25) is 9.59 Å². The van der Waals surface area contributed by atoms with Crippen LogP contribution in [0.25, 0.3) is 6.08 Å². The van der Waals surface area contributed by atoms with Crippen molar-refractivity contribution in [2.24, 2.45) is 5.41 Å². The van der Waals surface area contributed by atoms with E-state index < -0.39 is 5.41 Å². The first kappa shape index (κ1) is 17.4. The van der Waals surface area contributed by atoms with Gasteiger partial charge in [0.1, 0.15) is 0 Å². The lowest BCUT2D eigenvalue weighted by molar-refractivity contribution is -0.125. The molecule has 4 nitrogen and oxygen atoms in total. The summed E-state index contributed by atoms with van der Waals surface area (Å²) in [7, 11) is 0.